The van der Waals surface area contributed by atoms with Crippen molar-refractivity contribution in [3.63, 3.8) is 0 Å². The van der Waals surface area contributed by atoms with E-state index in [2.05, 4.69) is 10.6 Å². The van der Waals surface area contributed by atoms with Gasteiger partial charge < -0.3 is 15.7 Å². The summed E-state index contributed by atoms with van der Waals surface area (Å²) >= 11 is 0. The second-order valence-corrected chi connectivity index (χ2v) is 4.42. The molecule has 0 bridgehead atoms. The van der Waals surface area contributed by atoms with Gasteiger partial charge in [0.15, 0.2) is 0 Å². The Hall–Kier alpha value is -0.610. The summed E-state index contributed by atoms with van der Waals surface area (Å²) in [6.45, 7) is 2.05. The van der Waals surface area contributed by atoms with Crippen LogP contribution in [0.15, 0.2) is 0 Å². The van der Waals surface area contributed by atoms with Gasteiger partial charge in [-0.25, -0.2) is 0 Å². The highest BCUT2D eigenvalue weighted by Gasteiger charge is 2.46. The number of aliphatic hydroxyl groups is 1. The van der Waals surface area contributed by atoms with Crippen LogP contribution in [0.5, 0.6) is 0 Å². The topological polar surface area (TPSA) is 61.4 Å². The van der Waals surface area contributed by atoms with Crippen LogP contribution in [-0.2, 0) is 4.79 Å². The van der Waals surface area contributed by atoms with Gasteiger partial charge in [-0.05, 0) is 38.8 Å². The predicted octanol–water partition coefficient (Wildman–Crippen LogP) is -0.373. The molecule has 2 saturated heterocycles. The first-order valence-corrected chi connectivity index (χ1v) is 5.39. The van der Waals surface area contributed by atoms with Gasteiger partial charge in [0.05, 0.1) is 5.41 Å². The van der Waals surface area contributed by atoms with Gasteiger partial charge in [-0.3, -0.25) is 4.79 Å². The monoisotopic (exact) mass is 198 g/mol. The van der Waals surface area contributed by atoms with Crippen molar-refractivity contribution in [3.05, 3.63) is 0 Å². The standard InChI is InChI=1S/C10H18N2O2/c13-6-1-8-7-10(9(14)12-8)2-4-11-5-3-10/h8,11,13H,1-7H2,(H,12,14). The Morgan fingerprint density at radius 2 is 2.14 bits per heavy atom. The number of carbonyl (C=O) groups excluding carboxylic acids is 1. The van der Waals surface area contributed by atoms with E-state index in [0.29, 0.717) is 6.42 Å². The van der Waals surface area contributed by atoms with Crippen molar-refractivity contribution >= 4 is 5.91 Å². The van der Waals surface area contributed by atoms with Crippen molar-refractivity contribution in [2.24, 2.45) is 5.41 Å². The summed E-state index contributed by atoms with van der Waals surface area (Å²) in [5.41, 5.74) is -0.120. The Morgan fingerprint density at radius 1 is 1.43 bits per heavy atom. The Labute approximate surface area is 84.1 Å². The Balaban J connectivity index is 2.01. The highest BCUT2D eigenvalue weighted by atomic mass is 16.3. The number of amides is 1. The molecule has 2 fully saturated rings. The minimum absolute atomic E-state index is 0.120. The number of rotatable bonds is 2. The first-order valence-electron chi connectivity index (χ1n) is 5.39. The van der Waals surface area contributed by atoms with Gasteiger partial charge in [0.2, 0.25) is 5.91 Å². The molecule has 0 aliphatic carbocycles. The van der Waals surface area contributed by atoms with Crippen LogP contribution < -0.4 is 10.6 Å². The molecule has 2 aliphatic rings. The predicted molar refractivity (Wildman–Crippen MR) is 52.8 cm³/mol. The van der Waals surface area contributed by atoms with Gasteiger partial charge >= 0.3 is 0 Å². The molecule has 80 valence electrons. The zero-order chi connectivity index (χ0) is 10.0. The normalized spacial score (nSPS) is 30.6. The Bertz CT molecular complexity index is 224. The molecule has 4 nitrogen and oxygen atoms in total. The van der Waals surface area contributed by atoms with Crippen LogP contribution >= 0.6 is 0 Å². The van der Waals surface area contributed by atoms with Crippen molar-refractivity contribution < 1.29 is 9.90 Å². The van der Waals surface area contributed by atoms with E-state index in [1.165, 1.54) is 0 Å². The molecule has 1 atom stereocenters. The fourth-order valence-electron chi connectivity index (χ4n) is 2.62. The average Bonchev–Trinajstić information content (AvgIpc) is 2.45. The molecule has 1 spiro atoms. The van der Waals surface area contributed by atoms with Gasteiger partial charge in [0.25, 0.3) is 0 Å². The number of hydrogen-bond acceptors (Lipinski definition) is 3. The van der Waals surface area contributed by atoms with Gasteiger partial charge in [-0.1, -0.05) is 0 Å². The molecule has 2 heterocycles. The van der Waals surface area contributed by atoms with Crippen LogP contribution in [-0.4, -0.2) is 36.8 Å². The van der Waals surface area contributed by atoms with Crippen molar-refractivity contribution in [1.29, 1.82) is 0 Å². The average molecular weight is 198 g/mol. The highest BCUT2D eigenvalue weighted by Crippen LogP contribution is 2.39. The molecule has 0 radical (unpaired) electrons. The third-order valence-corrected chi connectivity index (χ3v) is 3.49. The molecule has 3 N–H and O–H groups in total. The van der Waals surface area contributed by atoms with Crippen LogP contribution in [0.2, 0.25) is 0 Å². The van der Waals surface area contributed by atoms with Crippen molar-refractivity contribution in [1.82, 2.24) is 10.6 Å². The molecule has 4 heteroatoms. The van der Waals surface area contributed by atoms with E-state index in [1.54, 1.807) is 0 Å². The van der Waals surface area contributed by atoms with Crippen LogP contribution in [0.4, 0.5) is 0 Å². The van der Waals surface area contributed by atoms with Crippen LogP contribution in [0.25, 0.3) is 0 Å². The quantitative estimate of drug-likeness (QED) is 0.567. The molecule has 1 amide bonds. The number of aliphatic hydroxyl groups excluding tert-OH is 1. The summed E-state index contributed by atoms with van der Waals surface area (Å²) in [5.74, 6) is 0.206. The van der Waals surface area contributed by atoms with E-state index in [0.717, 1.165) is 32.4 Å². The lowest BCUT2D eigenvalue weighted by Crippen LogP contribution is -2.41. The smallest absolute Gasteiger partial charge is 0.226 e. The van der Waals surface area contributed by atoms with E-state index in [4.69, 9.17) is 5.11 Å². The van der Waals surface area contributed by atoms with Crippen LogP contribution in [0.1, 0.15) is 25.7 Å². The molecule has 1 unspecified atom stereocenters. The molecule has 14 heavy (non-hydrogen) atoms. The number of nitrogens with one attached hydrogen (secondary N) is 2. The zero-order valence-electron chi connectivity index (χ0n) is 8.38. The fourth-order valence-corrected chi connectivity index (χ4v) is 2.62. The first-order chi connectivity index (χ1) is 6.77. The van der Waals surface area contributed by atoms with E-state index < -0.39 is 0 Å². The summed E-state index contributed by atoms with van der Waals surface area (Å²) in [4.78, 5) is 11.8. The third-order valence-electron chi connectivity index (χ3n) is 3.49. The molecule has 2 aliphatic heterocycles. The van der Waals surface area contributed by atoms with E-state index in [-0.39, 0.29) is 24.0 Å². The number of carbonyl (C=O) groups is 1. The summed E-state index contributed by atoms with van der Waals surface area (Å²) in [7, 11) is 0. The SMILES string of the molecule is O=C1NC(CCO)CC12CCNCC2. The largest absolute Gasteiger partial charge is 0.396 e. The van der Waals surface area contributed by atoms with Gasteiger partial charge in [0, 0.05) is 12.6 Å². The number of hydrogen-bond donors (Lipinski definition) is 3. The maximum absolute atomic E-state index is 11.8. The van der Waals surface area contributed by atoms with E-state index in [1.807, 2.05) is 0 Å². The molecular formula is C10H18N2O2. The third kappa shape index (κ3) is 1.64. The summed E-state index contributed by atoms with van der Waals surface area (Å²) in [5, 5.41) is 15.1. The minimum Gasteiger partial charge on any atom is -0.396 e. The number of piperidine rings is 1. The molecule has 0 aromatic carbocycles. The molecule has 0 aromatic heterocycles. The summed E-state index contributed by atoms with van der Waals surface area (Å²) in [6, 6.07) is 0.200. The summed E-state index contributed by atoms with van der Waals surface area (Å²) in [6.07, 6.45) is 3.50. The molecule has 2 rings (SSSR count). The first kappa shape index (κ1) is 9.93. The van der Waals surface area contributed by atoms with Crippen molar-refractivity contribution in [3.8, 4) is 0 Å². The second kappa shape index (κ2) is 3.87. The van der Waals surface area contributed by atoms with E-state index in [9.17, 15) is 4.79 Å². The zero-order valence-corrected chi connectivity index (χ0v) is 8.38. The lowest BCUT2D eigenvalue weighted by molar-refractivity contribution is -0.128. The maximum Gasteiger partial charge on any atom is 0.226 e. The van der Waals surface area contributed by atoms with E-state index >= 15 is 0 Å². The van der Waals surface area contributed by atoms with Gasteiger partial charge in [-0.2, -0.15) is 0 Å². The fraction of sp³-hybridized carbons (Fsp3) is 0.900. The lowest BCUT2D eigenvalue weighted by Gasteiger charge is -2.30. The minimum atomic E-state index is -0.120. The maximum atomic E-state index is 11.8. The van der Waals surface area contributed by atoms with Gasteiger partial charge in [-0.15, -0.1) is 0 Å². The lowest BCUT2D eigenvalue weighted by atomic mass is 9.76. The molecule has 0 aromatic rings. The summed E-state index contributed by atoms with van der Waals surface area (Å²) < 4.78 is 0. The Morgan fingerprint density at radius 3 is 2.79 bits per heavy atom. The second-order valence-electron chi connectivity index (χ2n) is 4.42. The highest BCUT2D eigenvalue weighted by molar-refractivity contribution is 5.85. The molecular weight excluding hydrogens is 180 g/mol. The van der Waals surface area contributed by atoms with Crippen molar-refractivity contribution in [2.75, 3.05) is 19.7 Å². The van der Waals surface area contributed by atoms with Gasteiger partial charge in [0.1, 0.15) is 0 Å². The Kier molecular flexibility index (Phi) is 2.74. The van der Waals surface area contributed by atoms with Crippen LogP contribution in [0, 0.1) is 5.41 Å². The van der Waals surface area contributed by atoms with Crippen molar-refractivity contribution in [2.45, 2.75) is 31.7 Å². The molecule has 0 saturated carbocycles. The van der Waals surface area contributed by atoms with Crippen LogP contribution in [0.3, 0.4) is 0 Å².